The van der Waals surface area contributed by atoms with E-state index in [1.165, 1.54) is 24.6 Å². The molecule has 118 valence electrons. The first-order valence-electron chi connectivity index (χ1n) is 6.71. The van der Waals surface area contributed by atoms with Gasteiger partial charge in [0.1, 0.15) is 10.6 Å². The smallest absolute Gasteiger partial charge is 0.328 e. The lowest BCUT2D eigenvalue weighted by Crippen LogP contribution is -2.35. The molecule has 0 aliphatic rings. The number of hydrogen-bond donors (Lipinski definition) is 2. The Balaban J connectivity index is 2.11. The highest BCUT2D eigenvalue weighted by Crippen LogP contribution is 2.23. The topological polar surface area (TPSA) is 96.8 Å². The quantitative estimate of drug-likeness (QED) is 0.872. The molecule has 0 aromatic carbocycles. The van der Waals surface area contributed by atoms with Crippen molar-refractivity contribution in [3.05, 3.63) is 48.7 Å². The highest BCUT2D eigenvalue weighted by atomic mass is 32.1. The number of amides is 1. The molecule has 0 unspecified atom stereocenters. The predicted octanol–water partition coefficient (Wildman–Crippen LogP) is 0.758. The van der Waals surface area contributed by atoms with E-state index in [0.717, 1.165) is 15.3 Å². The van der Waals surface area contributed by atoms with E-state index in [2.05, 4.69) is 36.1 Å². The summed E-state index contributed by atoms with van der Waals surface area (Å²) in [5, 5.41) is 5.36. The number of carbonyl (C=O) groups excluding carboxylic acids is 1. The molecule has 0 atom stereocenters. The van der Waals surface area contributed by atoms with E-state index in [1.54, 1.807) is 0 Å². The maximum absolute atomic E-state index is 12.0. The van der Waals surface area contributed by atoms with E-state index in [4.69, 9.17) is 0 Å². The van der Waals surface area contributed by atoms with Crippen LogP contribution in [0.3, 0.4) is 0 Å². The van der Waals surface area contributed by atoms with Crippen molar-refractivity contribution in [2.45, 2.75) is 32.7 Å². The van der Waals surface area contributed by atoms with Crippen LogP contribution in [0.25, 0.3) is 0 Å². The third kappa shape index (κ3) is 3.51. The van der Waals surface area contributed by atoms with Crippen LogP contribution in [0.15, 0.2) is 21.2 Å². The average molecular weight is 322 g/mol. The third-order valence-corrected chi connectivity index (χ3v) is 3.92. The van der Waals surface area contributed by atoms with Crippen LogP contribution in [-0.2, 0) is 19.0 Å². The van der Waals surface area contributed by atoms with Crippen LogP contribution in [0.1, 0.15) is 41.8 Å². The zero-order valence-electron chi connectivity index (χ0n) is 12.9. The monoisotopic (exact) mass is 322 g/mol. The second-order valence-electron chi connectivity index (χ2n) is 5.97. The molecule has 0 aliphatic carbocycles. The summed E-state index contributed by atoms with van der Waals surface area (Å²) >= 11 is 1.46. The number of aromatic nitrogens is 3. The molecule has 0 saturated heterocycles. The van der Waals surface area contributed by atoms with Gasteiger partial charge in [-0.25, -0.2) is 9.78 Å². The second kappa shape index (κ2) is 5.88. The molecule has 0 fully saturated rings. The van der Waals surface area contributed by atoms with Crippen molar-refractivity contribution in [3.63, 3.8) is 0 Å². The van der Waals surface area contributed by atoms with Gasteiger partial charge in [0.05, 0.1) is 12.2 Å². The lowest BCUT2D eigenvalue weighted by molar-refractivity contribution is 0.0948. The maximum Gasteiger partial charge on any atom is 0.328 e. The van der Waals surface area contributed by atoms with Gasteiger partial charge >= 0.3 is 5.69 Å². The molecular formula is C14H18N4O3S. The van der Waals surface area contributed by atoms with E-state index >= 15 is 0 Å². The normalized spacial score (nSPS) is 11.5. The summed E-state index contributed by atoms with van der Waals surface area (Å²) in [5.41, 5.74) is -0.448. The van der Waals surface area contributed by atoms with Crippen LogP contribution in [0.2, 0.25) is 0 Å². The van der Waals surface area contributed by atoms with Gasteiger partial charge in [0.25, 0.3) is 11.5 Å². The Bertz CT molecular complexity index is 810. The summed E-state index contributed by atoms with van der Waals surface area (Å²) in [7, 11) is 1.46. The number of nitrogens with one attached hydrogen (secondary N) is 2. The van der Waals surface area contributed by atoms with Crippen molar-refractivity contribution in [1.82, 2.24) is 19.9 Å². The molecule has 2 aromatic rings. The van der Waals surface area contributed by atoms with Gasteiger partial charge in [-0.15, -0.1) is 11.3 Å². The number of aromatic amines is 1. The molecule has 7 nitrogen and oxygen atoms in total. The number of H-pyrrole nitrogens is 1. The van der Waals surface area contributed by atoms with Crippen LogP contribution in [0, 0.1) is 0 Å². The number of aryl methyl sites for hydroxylation is 1. The second-order valence-corrected chi connectivity index (χ2v) is 6.91. The molecule has 8 heteroatoms. The molecule has 1 amide bonds. The summed E-state index contributed by atoms with van der Waals surface area (Å²) in [6.07, 6.45) is 1.22. The number of rotatable bonds is 3. The van der Waals surface area contributed by atoms with Gasteiger partial charge in [-0.3, -0.25) is 14.6 Å². The number of thiazole rings is 1. The number of hydrogen-bond acceptors (Lipinski definition) is 5. The summed E-state index contributed by atoms with van der Waals surface area (Å²) in [6.45, 7) is 6.43. The molecule has 2 aromatic heterocycles. The van der Waals surface area contributed by atoms with Crippen molar-refractivity contribution in [2.24, 2.45) is 7.05 Å². The van der Waals surface area contributed by atoms with Crippen molar-refractivity contribution in [2.75, 3.05) is 0 Å². The zero-order valence-corrected chi connectivity index (χ0v) is 13.7. The Morgan fingerprint density at radius 3 is 2.68 bits per heavy atom. The van der Waals surface area contributed by atoms with Crippen LogP contribution in [-0.4, -0.2) is 20.4 Å². The van der Waals surface area contributed by atoms with Gasteiger partial charge in [-0.05, 0) is 0 Å². The summed E-state index contributed by atoms with van der Waals surface area (Å²) in [5.74, 6) is -0.538. The Morgan fingerprint density at radius 1 is 1.41 bits per heavy atom. The van der Waals surface area contributed by atoms with Crippen LogP contribution in [0.5, 0.6) is 0 Å². The molecule has 0 aliphatic heterocycles. The lowest BCUT2D eigenvalue weighted by atomic mass is 9.93. The van der Waals surface area contributed by atoms with Crippen molar-refractivity contribution >= 4 is 17.2 Å². The van der Waals surface area contributed by atoms with Gasteiger partial charge in [-0.2, -0.15) is 0 Å². The lowest BCUT2D eigenvalue weighted by Gasteiger charge is -2.14. The fourth-order valence-electron chi connectivity index (χ4n) is 1.71. The summed E-state index contributed by atoms with van der Waals surface area (Å²) in [4.78, 5) is 41.5. The molecule has 22 heavy (non-hydrogen) atoms. The molecule has 2 N–H and O–H groups in total. The van der Waals surface area contributed by atoms with Crippen molar-refractivity contribution in [3.8, 4) is 0 Å². The van der Waals surface area contributed by atoms with Gasteiger partial charge < -0.3 is 9.88 Å². The minimum atomic E-state index is -0.699. The first kappa shape index (κ1) is 16.2. The average Bonchev–Trinajstić information content (AvgIpc) is 2.89. The predicted molar refractivity (Wildman–Crippen MR) is 84.3 cm³/mol. The van der Waals surface area contributed by atoms with Gasteiger partial charge in [-0.1, -0.05) is 20.8 Å². The largest absolute Gasteiger partial charge is 0.345 e. The van der Waals surface area contributed by atoms with E-state index in [-0.39, 0.29) is 17.5 Å². The Kier molecular flexibility index (Phi) is 4.32. The van der Waals surface area contributed by atoms with Crippen molar-refractivity contribution < 1.29 is 4.79 Å². The van der Waals surface area contributed by atoms with Crippen molar-refractivity contribution in [1.29, 1.82) is 0 Å². The maximum atomic E-state index is 12.0. The fourth-order valence-corrected chi connectivity index (χ4v) is 2.67. The van der Waals surface area contributed by atoms with Gasteiger partial charge in [0.15, 0.2) is 0 Å². The van der Waals surface area contributed by atoms with E-state index in [1.807, 2.05) is 5.38 Å². The van der Waals surface area contributed by atoms with Crippen LogP contribution < -0.4 is 16.6 Å². The first-order chi connectivity index (χ1) is 10.2. The first-order valence-corrected chi connectivity index (χ1v) is 7.59. The number of nitrogens with zero attached hydrogens (tertiary/aromatic N) is 2. The Hall–Kier alpha value is -2.22. The molecule has 2 rings (SSSR count). The highest BCUT2D eigenvalue weighted by Gasteiger charge is 2.18. The standard InChI is InChI=1S/C14H18N4O3S/c1-14(2,3)9-7-22-10(16-9)5-15-11(19)8-6-18(4)13(21)17-12(8)20/h6-7H,5H2,1-4H3,(H,15,19)(H,17,20,21). The number of carbonyl (C=O) groups is 1. The van der Waals surface area contributed by atoms with E-state index < -0.39 is 17.2 Å². The third-order valence-electron chi connectivity index (χ3n) is 3.07. The van der Waals surface area contributed by atoms with E-state index in [0.29, 0.717) is 0 Å². The molecule has 0 spiro atoms. The molecule has 0 radical (unpaired) electrons. The SMILES string of the molecule is Cn1cc(C(=O)NCc2nc(C(C)(C)C)cs2)c(=O)[nH]c1=O. The zero-order chi connectivity index (χ0) is 16.5. The fraction of sp³-hybridized carbons (Fsp3) is 0.429. The summed E-state index contributed by atoms with van der Waals surface area (Å²) < 4.78 is 1.15. The van der Waals surface area contributed by atoms with Gasteiger partial charge in [0, 0.05) is 24.0 Å². The molecule has 2 heterocycles. The van der Waals surface area contributed by atoms with Crippen LogP contribution >= 0.6 is 11.3 Å². The van der Waals surface area contributed by atoms with Crippen LogP contribution in [0.4, 0.5) is 0 Å². The minimum Gasteiger partial charge on any atom is -0.345 e. The Labute approximate surface area is 131 Å². The van der Waals surface area contributed by atoms with Gasteiger partial charge in [0.2, 0.25) is 0 Å². The molecular weight excluding hydrogens is 304 g/mol. The molecule has 0 saturated carbocycles. The molecule has 0 bridgehead atoms. The minimum absolute atomic E-state index is 0.0480. The van der Waals surface area contributed by atoms with E-state index in [9.17, 15) is 14.4 Å². The Morgan fingerprint density at radius 2 is 2.09 bits per heavy atom. The summed E-state index contributed by atoms with van der Waals surface area (Å²) in [6, 6.07) is 0. The highest BCUT2D eigenvalue weighted by molar-refractivity contribution is 7.09.